The maximum atomic E-state index is 8.52. The number of azo groups is 1. The number of aromatic nitrogens is 2. The maximum Gasteiger partial charge on any atom is 0.249 e. The Morgan fingerprint density at radius 1 is 1.00 bits per heavy atom. The third-order valence-electron chi connectivity index (χ3n) is 4.34. The van der Waals surface area contributed by atoms with Gasteiger partial charge in [-0.05, 0) is 31.2 Å². The van der Waals surface area contributed by atoms with Crippen molar-refractivity contribution in [1.82, 2.24) is 9.36 Å². The molecule has 0 saturated heterocycles. The lowest BCUT2D eigenvalue weighted by molar-refractivity contribution is -0.868. The van der Waals surface area contributed by atoms with Crippen molar-refractivity contribution in [2.75, 3.05) is 45.7 Å². The molecule has 12 heteroatoms. The molecule has 0 saturated carbocycles. The van der Waals surface area contributed by atoms with Crippen LogP contribution in [0.2, 0.25) is 0 Å². The summed E-state index contributed by atoms with van der Waals surface area (Å²) in [5, 5.41) is 9.10. The minimum Gasteiger partial charge on any atom is -0.759 e. The number of rotatable bonds is 8. The molecule has 1 heterocycles. The third kappa shape index (κ3) is 10.6. The third-order valence-corrected chi connectivity index (χ3v) is 4.94. The van der Waals surface area contributed by atoms with Crippen LogP contribution >= 0.6 is 11.5 Å². The van der Waals surface area contributed by atoms with E-state index in [0.29, 0.717) is 11.0 Å². The number of hydrogen-bond donors (Lipinski definition) is 0. The van der Waals surface area contributed by atoms with Gasteiger partial charge in [-0.1, -0.05) is 30.3 Å². The zero-order chi connectivity index (χ0) is 24.5. The number of nitrogens with zero attached hydrogens (tertiary/aromatic N) is 6. The highest BCUT2D eigenvalue weighted by Gasteiger charge is 2.11. The molecule has 178 valence electrons. The van der Waals surface area contributed by atoms with Crippen LogP contribution < -0.4 is 4.90 Å². The Bertz CT molecular complexity index is 1120. The summed E-state index contributed by atoms with van der Waals surface area (Å²) in [5.74, 6) is 0.686. The Hall–Kier alpha value is -2.77. The first-order valence-electron chi connectivity index (χ1n) is 10.1. The number of likely N-dealkylation sites (N-methyl/N-ethyl adjacent to an activating group) is 2. The summed E-state index contributed by atoms with van der Waals surface area (Å²) in [4.78, 5) is 6.82. The van der Waals surface area contributed by atoms with Crippen molar-refractivity contribution in [3.63, 3.8) is 0 Å². The molecule has 10 nitrogen and oxygen atoms in total. The van der Waals surface area contributed by atoms with Gasteiger partial charge >= 0.3 is 0 Å². The maximum absolute atomic E-state index is 8.52. The van der Waals surface area contributed by atoms with E-state index in [0.717, 1.165) is 35.4 Å². The molecule has 1 aromatic heterocycles. The van der Waals surface area contributed by atoms with Crippen LogP contribution in [0.15, 0.2) is 64.8 Å². The first-order valence-corrected chi connectivity index (χ1v) is 12.2. The fourth-order valence-electron chi connectivity index (χ4n) is 2.68. The van der Waals surface area contributed by atoms with E-state index in [4.69, 9.17) is 17.5 Å². The number of hydrogen-bond acceptors (Lipinski definition) is 10. The fourth-order valence-corrected chi connectivity index (χ4v) is 3.20. The Morgan fingerprint density at radius 2 is 1.61 bits per heavy atom. The van der Waals surface area contributed by atoms with Crippen molar-refractivity contribution in [2.45, 2.75) is 6.92 Å². The Balaban J connectivity index is 0.000000696. The fraction of sp³-hybridized carbons (Fsp3) is 0.333. The lowest BCUT2D eigenvalue weighted by atomic mass is 10.2. The van der Waals surface area contributed by atoms with Crippen LogP contribution in [0, 0.1) is 0 Å². The average molecular weight is 492 g/mol. The zero-order valence-corrected chi connectivity index (χ0v) is 20.6. The van der Waals surface area contributed by atoms with Crippen molar-refractivity contribution < 1.29 is 22.0 Å². The molecule has 3 aromatic rings. The summed E-state index contributed by atoms with van der Waals surface area (Å²) in [5.41, 5.74) is 3.00. The minimum atomic E-state index is -5.17. The summed E-state index contributed by atoms with van der Waals surface area (Å²) in [6.07, 6.45) is 0. The average Bonchev–Trinajstić information content (AvgIpc) is 3.21. The molecule has 0 aliphatic heterocycles. The molecule has 3 rings (SSSR count). The predicted molar refractivity (Wildman–Crippen MR) is 127 cm³/mol. The lowest BCUT2D eigenvalue weighted by Gasteiger charge is -2.29. The van der Waals surface area contributed by atoms with Crippen molar-refractivity contribution in [1.29, 1.82) is 0 Å². The van der Waals surface area contributed by atoms with Crippen LogP contribution in [-0.2, 0) is 10.4 Å². The Morgan fingerprint density at radius 3 is 2.15 bits per heavy atom. The lowest BCUT2D eigenvalue weighted by Crippen LogP contribution is -2.42. The van der Waals surface area contributed by atoms with E-state index in [1.54, 1.807) is 0 Å². The summed E-state index contributed by atoms with van der Waals surface area (Å²) >= 11 is 1.25. The Labute approximate surface area is 198 Å². The molecular formula is C21H27N6O4S2-. The van der Waals surface area contributed by atoms with E-state index in [1.165, 1.54) is 17.2 Å². The van der Waals surface area contributed by atoms with Gasteiger partial charge in [-0.2, -0.15) is 9.36 Å². The predicted octanol–water partition coefficient (Wildman–Crippen LogP) is 3.82. The molecular weight excluding hydrogens is 464 g/mol. The standard InChI is InChI=1S/C21H27N6S.H2O4S/c1-5-26(15-16-27(2,3)4)19-13-11-18(12-14-19)23-24-21-22-20(25-28-21)17-9-7-6-8-10-17;1-5(2,3)4/h6-14H,5,15-16H2,1-4H3;(H2,1,2,3,4)/q+1;/p-2. The topological polar surface area (TPSA) is 134 Å². The van der Waals surface area contributed by atoms with Crippen molar-refractivity contribution in [2.24, 2.45) is 10.2 Å². The van der Waals surface area contributed by atoms with Gasteiger partial charge in [0.05, 0.1) is 39.9 Å². The number of benzene rings is 2. The molecule has 0 fully saturated rings. The molecule has 0 unspecified atom stereocenters. The van der Waals surface area contributed by atoms with Crippen molar-refractivity contribution in [3.8, 4) is 11.4 Å². The Kier molecular flexibility index (Phi) is 9.56. The first kappa shape index (κ1) is 26.5. The van der Waals surface area contributed by atoms with Crippen LogP contribution in [0.5, 0.6) is 0 Å². The highest BCUT2D eigenvalue weighted by atomic mass is 32.3. The quantitative estimate of drug-likeness (QED) is 0.202. The van der Waals surface area contributed by atoms with Gasteiger partial charge in [0.1, 0.15) is 0 Å². The van der Waals surface area contributed by atoms with Gasteiger partial charge in [0, 0.05) is 39.7 Å². The molecule has 0 amide bonds. The van der Waals surface area contributed by atoms with E-state index in [2.05, 4.69) is 64.7 Å². The smallest absolute Gasteiger partial charge is 0.249 e. The van der Waals surface area contributed by atoms with Gasteiger partial charge in [-0.25, -0.2) is 0 Å². The van der Waals surface area contributed by atoms with Gasteiger partial charge in [0.25, 0.3) is 0 Å². The SMILES string of the molecule is CCN(CC[N+](C)(C)C)c1ccc(N=Nc2nc(-c3ccccc3)ns2)cc1.O=S(=O)([O-])[O-]. The molecule has 2 aromatic carbocycles. The molecule has 0 bridgehead atoms. The highest BCUT2D eigenvalue weighted by Crippen LogP contribution is 2.26. The van der Waals surface area contributed by atoms with Gasteiger partial charge in [-0.3, -0.25) is 8.42 Å². The van der Waals surface area contributed by atoms with Crippen molar-refractivity contribution >= 4 is 38.4 Å². The van der Waals surface area contributed by atoms with E-state index in [1.807, 2.05) is 42.5 Å². The molecule has 0 atom stereocenters. The number of quaternary nitrogens is 1. The van der Waals surface area contributed by atoms with Crippen molar-refractivity contribution in [3.05, 3.63) is 54.6 Å². The van der Waals surface area contributed by atoms with Crippen LogP contribution in [0.25, 0.3) is 11.4 Å². The monoisotopic (exact) mass is 491 g/mol. The molecule has 0 aliphatic rings. The summed E-state index contributed by atoms with van der Waals surface area (Å²) < 4.78 is 39.4. The molecule has 0 aliphatic carbocycles. The highest BCUT2D eigenvalue weighted by molar-refractivity contribution is 7.79. The summed E-state index contributed by atoms with van der Waals surface area (Å²) in [7, 11) is 1.48. The second kappa shape index (κ2) is 11.9. The van der Waals surface area contributed by atoms with Gasteiger partial charge in [0.15, 0.2) is 5.82 Å². The summed E-state index contributed by atoms with van der Waals surface area (Å²) in [6, 6.07) is 18.1. The first-order chi connectivity index (χ1) is 15.4. The van der Waals surface area contributed by atoms with E-state index < -0.39 is 10.4 Å². The van der Waals surface area contributed by atoms with Crippen LogP contribution in [-0.4, -0.2) is 72.1 Å². The van der Waals surface area contributed by atoms with E-state index >= 15 is 0 Å². The zero-order valence-electron chi connectivity index (χ0n) is 19.0. The van der Waals surface area contributed by atoms with Crippen LogP contribution in [0.1, 0.15) is 6.92 Å². The van der Waals surface area contributed by atoms with Gasteiger partial charge in [-0.15, -0.1) is 10.2 Å². The van der Waals surface area contributed by atoms with Crippen LogP contribution in [0.3, 0.4) is 0 Å². The van der Waals surface area contributed by atoms with Gasteiger partial charge < -0.3 is 18.5 Å². The largest absolute Gasteiger partial charge is 0.759 e. The molecule has 0 spiro atoms. The van der Waals surface area contributed by atoms with Gasteiger partial charge in [0.2, 0.25) is 5.13 Å². The second-order valence-electron chi connectivity index (χ2n) is 7.98. The normalized spacial score (nSPS) is 11.8. The van der Waals surface area contributed by atoms with Crippen LogP contribution in [0.4, 0.5) is 16.5 Å². The number of anilines is 1. The molecule has 0 N–H and O–H groups in total. The van der Waals surface area contributed by atoms with E-state index in [-0.39, 0.29) is 0 Å². The minimum absolute atomic E-state index is 0.557. The summed E-state index contributed by atoms with van der Waals surface area (Å²) in [6.45, 7) is 5.28. The molecule has 33 heavy (non-hydrogen) atoms. The molecule has 0 radical (unpaired) electrons. The second-order valence-corrected chi connectivity index (χ2v) is 9.53. The van der Waals surface area contributed by atoms with E-state index in [9.17, 15) is 0 Å².